The molecule has 0 bridgehead atoms. The number of primary amides is 1. The average molecular weight is 480 g/mol. The Hall–Kier alpha value is -3.85. The van der Waals surface area contributed by atoms with Gasteiger partial charge in [-0.15, -0.1) is 0 Å². The number of hydrogen-bond donors (Lipinski definition) is 2. The summed E-state index contributed by atoms with van der Waals surface area (Å²) in [4.78, 5) is 33.7. The predicted molar refractivity (Wildman–Crippen MR) is 126 cm³/mol. The summed E-state index contributed by atoms with van der Waals surface area (Å²) in [7, 11) is 1.48. The lowest BCUT2D eigenvalue weighted by Gasteiger charge is -2.26. The minimum absolute atomic E-state index is 0.0100. The number of carbonyl (C=O) groups excluding carboxylic acids is 2. The Kier molecular flexibility index (Phi) is 6.29. The zero-order valence-corrected chi connectivity index (χ0v) is 19.7. The lowest BCUT2D eigenvalue weighted by Crippen LogP contribution is -2.40. The number of Topliss-reactive ketones (excluding diaryl/α,β-unsaturated/α-hetero) is 1. The summed E-state index contributed by atoms with van der Waals surface area (Å²) in [6.07, 6.45) is 2.99. The van der Waals surface area contributed by atoms with Crippen molar-refractivity contribution in [3.05, 3.63) is 71.4 Å². The van der Waals surface area contributed by atoms with Gasteiger partial charge in [-0.05, 0) is 56.7 Å². The van der Waals surface area contributed by atoms with E-state index in [0.29, 0.717) is 33.9 Å². The van der Waals surface area contributed by atoms with Gasteiger partial charge in [0, 0.05) is 29.3 Å². The van der Waals surface area contributed by atoms with E-state index in [1.165, 1.54) is 31.6 Å². The number of benzene rings is 1. The van der Waals surface area contributed by atoms with Crippen molar-refractivity contribution in [2.24, 2.45) is 5.73 Å². The van der Waals surface area contributed by atoms with E-state index in [1.807, 2.05) is 0 Å². The average Bonchev–Trinajstić information content (AvgIpc) is 3.20. The number of pyridine rings is 2. The maximum atomic E-state index is 13.5. The van der Waals surface area contributed by atoms with E-state index < -0.39 is 22.7 Å². The summed E-state index contributed by atoms with van der Waals surface area (Å²) in [5.74, 6) is -0.406. The van der Waals surface area contributed by atoms with E-state index >= 15 is 0 Å². The van der Waals surface area contributed by atoms with Gasteiger partial charge >= 0.3 is 0 Å². The smallest absolute Gasteiger partial charge is 0.231 e. The van der Waals surface area contributed by atoms with Crippen molar-refractivity contribution in [2.75, 3.05) is 13.7 Å². The molecule has 182 valence electrons. The molecule has 9 heteroatoms. The van der Waals surface area contributed by atoms with Crippen LogP contribution in [-0.4, -0.2) is 40.5 Å². The molecule has 0 saturated heterocycles. The van der Waals surface area contributed by atoms with Crippen molar-refractivity contribution in [1.82, 2.24) is 9.97 Å². The molecule has 0 saturated carbocycles. The Morgan fingerprint density at radius 3 is 2.63 bits per heavy atom. The highest BCUT2D eigenvalue weighted by Gasteiger charge is 2.45. The van der Waals surface area contributed by atoms with Gasteiger partial charge in [0.25, 0.3) is 0 Å². The summed E-state index contributed by atoms with van der Waals surface area (Å²) in [6, 6.07) is 8.84. The number of methoxy groups -OCH3 is 1. The largest absolute Gasteiger partial charge is 0.495 e. The maximum absolute atomic E-state index is 13.5. The van der Waals surface area contributed by atoms with Gasteiger partial charge < -0.3 is 20.3 Å². The number of aliphatic hydroxyl groups is 1. The molecule has 0 radical (unpaired) electrons. The molecule has 1 aliphatic heterocycles. The summed E-state index contributed by atoms with van der Waals surface area (Å²) in [6.45, 7) is 3.22. The lowest BCUT2D eigenvalue weighted by atomic mass is 9.81. The molecule has 1 amide bonds. The first-order chi connectivity index (χ1) is 16.5. The number of rotatable bonds is 8. The molecule has 35 heavy (non-hydrogen) atoms. The van der Waals surface area contributed by atoms with Crippen LogP contribution in [0.4, 0.5) is 4.39 Å². The van der Waals surface area contributed by atoms with Crippen LogP contribution < -0.4 is 15.2 Å². The highest BCUT2D eigenvalue weighted by atomic mass is 19.1. The molecule has 2 atom stereocenters. The third kappa shape index (κ3) is 4.59. The Morgan fingerprint density at radius 1 is 1.26 bits per heavy atom. The first-order valence-corrected chi connectivity index (χ1v) is 11.0. The van der Waals surface area contributed by atoms with Crippen LogP contribution in [0.25, 0.3) is 11.3 Å². The molecule has 8 nitrogen and oxygen atoms in total. The van der Waals surface area contributed by atoms with Gasteiger partial charge in [-0.2, -0.15) is 0 Å². The van der Waals surface area contributed by atoms with Gasteiger partial charge in [0.15, 0.2) is 5.78 Å². The Balaban J connectivity index is 1.71. The number of ether oxygens (including phenoxy) is 2. The van der Waals surface area contributed by atoms with Crippen molar-refractivity contribution < 1.29 is 28.6 Å². The van der Waals surface area contributed by atoms with Gasteiger partial charge in [-0.3, -0.25) is 14.6 Å². The second kappa shape index (κ2) is 9.07. The van der Waals surface area contributed by atoms with Crippen molar-refractivity contribution >= 4 is 11.7 Å². The Morgan fingerprint density at radius 2 is 1.97 bits per heavy atom. The number of hydrogen-bond acceptors (Lipinski definition) is 7. The molecule has 3 N–H and O–H groups in total. The van der Waals surface area contributed by atoms with Crippen LogP contribution in [0.2, 0.25) is 0 Å². The molecule has 0 fully saturated rings. The molecule has 1 aromatic carbocycles. The Bertz CT molecular complexity index is 1290. The molecular weight excluding hydrogens is 453 g/mol. The molecule has 0 aliphatic carbocycles. The van der Waals surface area contributed by atoms with Crippen LogP contribution in [0.15, 0.2) is 48.8 Å². The summed E-state index contributed by atoms with van der Waals surface area (Å²) in [5.41, 5.74) is 5.01. The molecule has 4 rings (SSSR count). The van der Waals surface area contributed by atoms with Crippen molar-refractivity contribution in [3.63, 3.8) is 0 Å². The molecule has 2 aromatic heterocycles. The van der Waals surface area contributed by atoms with Crippen LogP contribution in [-0.2, 0) is 15.8 Å². The number of carbonyl (C=O) groups is 2. The maximum Gasteiger partial charge on any atom is 0.231 e. The number of nitrogens with two attached hydrogens (primary N) is 1. The lowest BCUT2D eigenvalue weighted by molar-refractivity contribution is -0.123. The highest BCUT2D eigenvalue weighted by Crippen LogP contribution is 2.45. The van der Waals surface area contributed by atoms with Crippen LogP contribution in [0.5, 0.6) is 11.5 Å². The number of halogens is 1. The van der Waals surface area contributed by atoms with Gasteiger partial charge in [0.2, 0.25) is 5.91 Å². The van der Waals surface area contributed by atoms with E-state index in [0.717, 1.165) is 0 Å². The minimum Gasteiger partial charge on any atom is -0.495 e. The van der Waals surface area contributed by atoms with Gasteiger partial charge in [-0.1, -0.05) is 0 Å². The van der Waals surface area contributed by atoms with Gasteiger partial charge in [-0.25, -0.2) is 9.37 Å². The third-order valence-electron chi connectivity index (χ3n) is 6.40. The summed E-state index contributed by atoms with van der Waals surface area (Å²) in [5, 5.41) is 11.4. The zero-order chi connectivity index (χ0) is 25.4. The molecule has 0 spiro atoms. The zero-order valence-electron chi connectivity index (χ0n) is 19.7. The first-order valence-electron chi connectivity index (χ1n) is 11.0. The monoisotopic (exact) mass is 479 g/mol. The van der Waals surface area contributed by atoms with E-state index in [-0.39, 0.29) is 30.9 Å². The molecule has 3 aromatic rings. The van der Waals surface area contributed by atoms with Gasteiger partial charge in [0.1, 0.15) is 40.6 Å². The second-order valence-corrected chi connectivity index (χ2v) is 9.04. The Labute approximate surface area is 201 Å². The fourth-order valence-corrected chi connectivity index (χ4v) is 3.98. The fraction of sp³-hybridized carbons (Fsp3) is 0.308. The molecule has 3 heterocycles. The van der Waals surface area contributed by atoms with Crippen molar-refractivity contribution in [2.45, 2.75) is 37.7 Å². The molecule has 0 unspecified atom stereocenters. The number of fused-ring (bicyclic) bond motifs is 1. The number of ketones is 1. The van der Waals surface area contributed by atoms with E-state index in [9.17, 15) is 19.1 Å². The van der Waals surface area contributed by atoms with Crippen LogP contribution in [0.1, 0.15) is 48.3 Å². The van der Waals surface area contributed by atoms with E-state index in [4.69, 9.17) is 15.2 Å². The normalized spacial score (nSPS) is 18.3. The van der Waals surface area contributed by atoms with Crippen molar-refractivity contribution in [3.8, 4) is 22.8 Å². The number of nitrogens with zero attached hydrogens (tertiary/aromatic N) is 2. The molecule has 1 aliphatic rings. The standard InChI is InChI=1S/C26H26FN3O5/c1-25(24(28)32)14-35-23-19(25)11-21(30-22(23)15-4-6-17(27)7-5-15)26(2,33)9-8-20(31)16-10-18(34-3)13-29-12-16/h4-7,10-13,33H,8-9,14H2,1-3H3,(H2,28,32)/t25-,26-/m0/s1. The fourth-order valence-electron chi connectivity index (χ4n) is 3.98. The van der Waals surface area contributed by atoms with E-state index in [2.05, 4.69) is 9.97 Å². The second-order valence-electron chi connectivity index (χ2n) is 9.04. The van der Waals surface area contributed by atoms with Crippen molar-refractivity contribution in [1.29, 1.82) is 0 Å². The van der Waals surface area contributed by atoms with Crippen LogP contribution in [0.3, 0.4) is 0 Å². The summed E-state index contributed by atoms with van der Waals surface area (Å²) >= 11 is 0. The minimum atomic E-state index is -1.53. The molecular formula is C26H26FN3O5. The number of amides is 1. The first kappa shape index (κ1) is 24.3. The quantitative estimate of drug-likeness (QED) is 0.475. The predicted octanol–water partition coefficient (Wildman–Crippen LogP) is 3.30. The third-order valence-corrected chi connectivity index (χ3v) is 6.40. The van der Waals surface area contributed by atoms with Crippen LogP contribution in [0, 0.1) is 5.82 Å². The van der Waals surface area contributed by atoms with Gasteiger partial charge in [0.05, 0.1) is 19.0 Å². The number of aromatic nitrogens is 2. The topological polar surface area (TPSA) is 125 Å². The SMILES string of the molecule is COc1cncc(C(=O)CC[C@](C)(O)c2cc3c(c(-c4ccc(F)cc4)n2)OC[C@]3(C)C(N)=O)c1. The highest BCUT2D eigenvalue weighted by molar-refractivity contribution is 5.96. The van der Waals surface area contributed by atoms with E-state index in [1.54, 1.807) is 38.1 Å². The van der Waals surface area contributed by atoms with Crippen LogP contribution >= 0.6 is 0 Å². The summed E-state index contributed by atoms with van der Waals surface area (Å²) < 4.78 is 24.5.